The molecule has 0 radical (unpaired) electrons. The second-order valence-corrected chi connectivity index (χ2v) is 4.73. The fourth-order valence-electron chi connectivity index (χ4n) is 2.24. The molecule has 5 heteroatoms. The molecule has 0 saturated carbocycles. The first-order valence-electron chi connectivity index (χ1n) is 7.15. The summed E-state index contributed by atoms with van der Waals surface area (Å²) in [7, 11) is 1.81. The predicted molar refractivity (Wildman–Crippen MR) is 82.3 cm³/mol. The van der Waals surface area contributed by atoms with Crippen LogP contribution < -0.4 is 4.90 Å². The van der Waals surface area contributed by atoms with Crippen molar-refractivity contribution in [3.63, 3.8) is 0 Å². The summed E-state index contributed by atoms with van der Waals surface area (Å²) >= 11 is 0. The van der Waals surface area contributed by atoms with Gasteiger partial charge in [-0.1, -0.05) is 18.2 Å². The standard InChI is InChI=1S/C16H21N3O2/c1-4-19(13-9-7-6-8-10-13)12-15-14(11-18(3)17-15)16(20)21-5-2/h6-11H,4-5,12H2,1-3H3. The lowest BCUT2D eigenvalue weighted by atomic mass is 10.2. The predicted octanol–water partition coefficient (Wildman–Crippen LogP) is 2.62. The fourth-order valence-corrected chi connectivity index (χ4v) is 2.24. The minimum Gasteiger partial charge on any atom is -0.462 e. The van der Waals surface area contributed by atoms with E-state index in [-0.39, 0.29) is 5.97 Å². The van der Waals surface area contributed by atoms with Gasteiger partial charge in [0.05, 0.1) is 18.8 Å². The van der Waals surface area contributed by atoms with Gasteiger partial charge >= 0.3 is 5.97 Å². The number of nitrogens with zero attached hydrogens (tertiary/aromatic N) is 3. The minimum absolute atomic E-state index is 0.315. The summed E-state index contributed by atoms with van der Waals surface area (Å²) in [5, 5.41) is 4.40. The molecule has 1 aromatic heterocycles. The third kappa shape index (κ3) is 3.62. The first-order chi connectivity index (χ1) is 10.2. The van der Waals surface area contributed by atoms with Crippen LogP contribution in [0.1, 0.15) is 29.9 Å². The van der Waals surface area contributed by atoms with E-state index >= 15 is 0 Å². The lowest BCUT2D eigenvalue weighted by Gasteiger charge is -2.22. The Kier molecular flexibility index (Phi) is 4.98. The maximum Gasteiger partial charge on any atom is 0.341 e. The molecule has 0 saturated heterocycles. The van der Waals surface area contributed by atoms with Gasteiger partial charge in [-0.05, 0) is 26.0 Å². The zero-order valence-electron chi connectivity index (χ0n) is 12.7. The molecule has 0 aliphatic rings. The Bertz CT molecular complexity index is 593. The fraction of sp³-hybridized carbons (Fsp3) is 0.375. The summed E-state index contributed by atoms with van der Waals surface area (Å²) in [6.07, 6.45) is 1.71. The molecular formula is C16H21N3O2. The zero-order valence-corrected chi connectivity index (χ0v) is 12.7. The topological polar surface area (TPSA) is 47.4 Å². The number of ether oxygens (including phenoxy) is 1. The lowest BCUT2D eigenvalue weighted by molar-refractivity contribution is 0.0525. The summed E-state index contributed by atoms with van der Waals surface area (Å²) in [5.41, 5.74) is 2.39. The second-order valence-electron chi connectivity index (χ2n) is 4.73. The summed E-state index contributed by atoms with van der Waals surface area (Å²) in [5.74, 6) is -0.315. The summed E-state index contributed by atoms with van der Waals surface area (Å²) in [6.45, 7) is 5.66. The van der Waals surface area contributed by atoms with Crippen molar-refractivity contribution in [3.8, 4) is 0 Å². The minimum atomic E-state index is -0.315. The van der Waals surface area contributed by atoms with E-state index < -0.39 is 0 Å². The molecular weight excluding hydrogens is 266 g/mol. The Morgan fingerprint density at radius 1 is 1.29 bits per heavy atom. The van der Waals surface area contributed by atoms with E-state index in [4.69, 9.17) is 4.74 Å². The average Bonchev–Trinajstić information content (AvgIpc) is 2.87. The van der Waals surface area contributed by atoms with E-state index in [0.29, 0.717) is 18.7 Å². The van der Waals surface area contributed by atoms with E-state index in [2.05, 4.69) is 29.1 Å². The first-order valence-corrected chi connectivity index (χ1v) is 7.15. The third-order valence-corrected chi connectivity index (χ3v) is 3.24. The zero-order chi connectivity index (χ0) is 15.2. The van der Waals surface area contributed by atoms with Gasteiger partial charge in [-0.3, -0.25) is 4.68 Å². The molecule has 21 heavy (non-hydrogen) atoms. The third-order valence-electron chi connectivity index (χ3n) is 3.24. The molecule has 1 heterocycles. The van der Waals surface area contributed by atoms with Gasteiger partial charge in [0.25, 0.3) is 0 Å². The number of aryl methyl sites for hydroxylation is 1. The Hall–Kier alpha value is -2.30. The van der Waals surface area contributed by atoms with Crippen LogP contribution in [0, 0.1) is 0 Å². The molecule has 0 aliphatic heterocycles. The number of benzene rings is 1. The van der Waals surface area contributed by atoms with Crippen molar-refractivity contribution >= 4 is 11.7 Å². The molecule has 0 unspecified atom stereocenters. The maximum atomic E-state index is 12.0. The molecule has 0 bridgehead atoms. The van der Waals surface area contributed by atoms with Crippen LogP contribution in [-0.2, 0) is 18.3 Å². The van der Waals surface area contributed by atoms with Crippen molar-refractivity contribution in [2.75, 3.05) is 18.1 Å². The monoisotopic (exact) mass is 287 g/mol. The van der Waals surface area contributed by atoms with Crippen LogP contribution in [0.2, 0.25) is 0 Å². The highest BCUT2D eigenvalue weighted by Crippen LogP contribution is 2.18. The molecule has 0 N–H and O–H groups in total. The van der Waals surface area contributed by atoms with Crippen molar-refractivity contribution < 1.29 is 9.53 Å². The largest absolute Gasteiger partial charge is 0.462 e. The lowest BCUT2D eigenvalue weighted by Crippen LogP contribution is -2.23. The number of para-hydroxylation sites is 1. The van der Waals surface area contributed by atoms with Gasteiger partial charge in [-0.25, -0.2) is 4.79 Å². The molecule has 0 spiro atoms. The number of hydrogen-bond donors (Lipinski definition) is 0. The van der Waals surface area contributed by atoms with Crippen LogP contribution in [0.5, 0.6) is 0 Å². The number of rotatable bonds is 6. The van der Waals surface area contributed by atoms with Gasteiger partial charge < -0.3 is 9.64 Å². The van der Waals surface area contributed by atoms with E-state index in [1.807, 2.05) is 25.2 Å². The summed E-state index contributed by atoms with van der Waals surface area (Å²) in [4.78, 5) is 14.2. The van der Waals surface area contributed by atoms with Crippen LogP contribution in [0.4, 0.5) is 5.69 Å². The molecule has 0 atom stereocenters. The smallest absolute Gasteiger partial charge is 0.341 e. The molecule has 0 aliphatic carbocycles. The van der Waals surface area contributed by atoms with Crippen LogP contribution in [0.15, 0.2) is 36.5 Å². The highest BCUT2D eigenvalue weighted by molar-refractivity contribution is 5.90. The SMILES string of the molecule is CCOC(=O)c1cn(C)nc1CN(CC)c1ccccc1. The average molecular weight is 287 g/mol. The number of aromatic nitrogens is 2. The van der Waals surface area contributed by atoms with Crippen LogP contribution in [-0.4, -0.2) is 28.9 Å². The summed E-state index contributed by atoms with van der Waals surface area (Å²) < 4.78 is 6.75. The van der Waals surface area contributed by atoms with Gasteiger partial charge in [0.15, 0.2) is 0 Å². The van der Waals surface area contributed by atoms with Gasteiger partial charge in [0.2, 0.25) is 0 Å². The first kappa shape index (κ1) is 15.1. The Morgan fingerprint density at radius 2 is 2.00 bits per heavy atom. The molecule has 0 amide bonds. The van der Waals surface area contributed by atoms with Gasteiger partial charge in [0.1, 0.15) is 5.56 Å². The Labute approximate surface area is 125 Å². The number of carbonyl (C=O) groups excluding carboxylic acids is 1. The molecule has 1 aromatic carbocycles. The van der Waals surface area contributed by atoms with Crippen LogP contribution in [0.25, 0.3) is 0 Å². The number of hydrogen-bond acceptors (Lipinski definition) is 4. The van der Waals surface area contributed by atoms with Crippen molar-refractivity contribution in [1.29, 1.82) is 0 Å². The molecule has 0 fully saturated rings. The quantitative estimate of drug-likeness (QED) is 0.766. The number of carbonyl (C=O) groups is 1. The number of esters is 1. The molecule has 2 aromatic rings. The molecule has 2 rings (SSSR count). The van der Waals surface area contributed by atoms with Crippen molar-refractivity contribution in [2.45, 2.75) is 20.4 Å². The molecule has 5 nitrogen and oxygen atoms in total. The van der Waals surface area contributed by atoms with E-state index in [1.54, 1.807) is 17.8 Å². The van der Waals surface area contributed by atoms with Crippen molar-refractivity contribution in [2.24, 2.45) is 7.05 Å². The maximum absolute atomic E-state index is 12.0. The van der Waals surface area contributed by atoms with Crippen molar-refractivity contribution in [1.82, 2.24) is 9.78 Å². The Balaban J connectivity index is 2.24. The summed E-state index contributed by atoms with van der Waals surface area (Å²) in [6, 6.07) is 10.1. The van der Waals surface area contributed by atoms with Crippen molar-refractivity contribution in [3.05, 3.63) is 47.8 Å². The van der Waals surface area contributed by atoms with E-state index in [0.717, 1.165) is 17.9 Å². The number of anilines is 1. The van der Waals surface area contributed by atoms with Crippen LogP contribution in [0.3, 0.4) is 0 Å². The second kappa shape index (κ2) is 6.92. The normalized spacial score (nSPS) is 10.4. The van der Waals surface area contributed by atoms with E-state index in [1.165, 1.54) is 0 Å². The van der Waals surface area contributed by atoms with Crippen LogP contribution >= 0.6 is 0 Å². The highest BCUT2D eigenvalue weighted by Gasteiger charge is 2.18. The molecule has 112 valence electrons. The van der Waals surface area contributed by atoms with Gasteiger partial charge in [-0.15, -0.1) is 0 Å². The van der Waals surface area contributed by atoms with Gasteiger partial charge in [-0.2, -0.15) is 5.10 Å². The van der Waals surface area contributed by atoms with Gasteiger partial charge in [0, 0.05) is 25.5 Å². The Morgan fingerprint density at radius 3 is 2.62 bits per heavy atom. The highest BCUT2D eigenvalue weighted by atomic mass is 16.5. The van der Waals surface area contributed by atoms with E-state index in [9.17, 15) is 4.79 Å².